The topological polar surface area (TPSA) is 115 Å². The van der Waals surface area contributed by atoms with E-state index in [0.29, 0.717) is 18.8 Å². The summed E-state index contributed by atoms with van der Waals surface area (Å²) in [6.07, 6.45) is 0.563. The first-order valence-corrected chi connectivity index (χ1v) is 5.99. The van der Waals surface area contributed by atoms with Gasteiger partial charge in [0.25, 0.3) is 0 Å². The van der Waals surface area contributed by atoms with Gasteiger partial charge in [0.15, 0.2) is 0 Å². The molecule has 19 heavy (non-hydrogen) atoms. The normalized spacial score (nSPS) is 10.6. The lowest BCUT2D eigenvalue weighted by Crippen LogP contribution is -2.30. The van der Waals surface area contributed by atoms with E-state index in [9.17, 15) is 4.79 Å². The van der Waals surface area contributed by atoms with Crippen LogP contribution in [0.25, 0.3) is 0 Å². The van der Waals surface area contributed by atoms with Crippen LogP contribution >= 0.6 is 0 Å². The average molecular weight is 263 g/mol. The predicted molar refractivity (Wildman–Crippen MR) is 69.2 cm³/mol. The number of nitrogens with one attached hydrogen (secondary N) is 2. The number of carbonyl (C=O) groups excluding carboxylic acids is 1. The van der Waals surface area contributed by atoms with Crippen LogP contribution in [0.3, 0.4) is 0 Å². The van der Waals surface area contributed by atoms with Gasteiger partial charge in [0.05, 0.1) is 5.69 Å². The summed E-state index contributed by atoms with van der Waals surface area (Å²) in [7, 11) is 0. The molecule has 0 aromatic carbocycles. The fourth-order valence-electron chi connectivity index (χ4n) is 1.77. The molecule has 2 aromatic rings. The van der Waals surface area contributed by atoms with E-state index in [4.69, 9.17) is 5.73 Å². The van der Waals surface area contributed by atoms with Crippen LogP contribution in [0.2, 0.25) is 0 Å². The molecule has 102 valence electrons. The Kier molecular flexibility index (Phi) is 3.79. The molecule has 0 radical (unpaired) electrons. The monoisotopic (exact) mass is 263 g/mol. The summed E-state index contributed by atoms with van der Waals surface area (Å²) in [6.45, 7) is 4.52. The van der Waals surface area contributed by atoms with Crippen LogP contribution in [0.4, 0.5) is 5.95 Å². The van der Waals surface area contributed by atoms with Crippen molar-refractivity contribution in [3.63, 3.8) is 0 Å². The quantitative estimate of drug-likeness (QED) is 0.676. The van der Waals surface area contributed by atoms with Crippen LogP contribution in [0.1, 0.15) is 17.2 Å². The van der Waals surface area contributed by atoms with Crippen molar-refractivity contribution in [3.8, 4) is 0 Å². The van der Waals surface area contributed by atoms with Crippen LogP contribution in [-0.4, -0.2) is 37.4 Å². The molecular weight excluding hydrogens is 246 g/mol. The minimum atomic E-state index is -0.0845. The molecule has 0 aliphatic carbocycles. The number of anilines is 1. The van der Waals surface area contributed by atoms with Gasteiger partial charge in [-0.2, -0.15) is 10.1 Å². The Morgan fingerprint density at radius 2 is 2.32 bits per heavy atom. The Morgan fingerprint density at radius 3 is 2.89 bits per heavy atom. The van der Waals surface area contributed by atoms with E-state index in [1.807, 2.05) is 19.9 Å². The first kappa shape index (κ1) is 13.1. The molecule has 0 unspecified atom stereocenters. The van der Waals surface area contributed by atoms with E-state index in [2.05, 4.69) is 25.6 Å². The number of rotatable bonds is 5. The number of hydrogen-bond acceptors (Lipinski definition) is 5. The van der Waals surface area contributed by atoms with Gasteiger partial charge in [-0.25, -0.2) is 0 Å². The highest BCUT2D eigenvalue weighted by Crippen LogP contribution is 2.01. The number of nitrogens with two attached hydrogens (primary N) is 1. The van der Waals surface area contributed by atoms with Crippen molar-refractivity contribution in [3.05, 3.63) is 23.3 Å². The van der Waals surface area contributed by atoms with Crippen molar-refractivity contribution in [1.82, 2.24) is 30.3 Å². The van der Waals surface area contributed by atoms with E-state index in [0.717, 1.165) is 11.4 Å². The molecule has 0 saturated heterocycles. The maximum Gasteiger partial charge on any atom is 0.241 e. The third-order valence-corrected chi connectivity index (χ3v) is 2.63. The Morgan fingerprint density at radius 1 is 1.53 bits per heavy atom. The van der Waals surface area contributed by atoms with Crippen molar-refractivity contribution in [1.29, 1.82) is 0 Å². The van der Waals surface area contributed by atoms with E-state index >= 15 is 0 Å². The fourth-order valence-corrected chi connectivity index (χ4v) is 1.77. The maximum absolute atomic E-state index is 11.7. The first-order chi connectivity index (χ1) is 9.04. The number of H-pyrrole nitrogens is 1. The molecule has 1 amide bonds. The highest BCUT2D eigenvalue weighted by molar-refractivity contribution is 5.75. The number of hydrogen-bond donors (Lipinski definition) is 3. The minimum absolute atomic E-state index is 0.0845. The molecule has 0 aliphatic heterocycles. The van der Waals surface area contributed by atoms with E-state index in [1.54, 1.807) is 4.68 Å². The highest BCUT2D eigenvalue weighted by Gasteiger charge is 2.07. The van der Waals surface area contributed by atoms with Crippen LogP contribution in [0, 0.1) is 13.8 Å². The van der Waals surface area contributed by atoms with Crippen LogP contribution in [0.15, 0.2) is 6.07 Å². The molecule has 8 heteroatoms. The summed E-state index contributed by atoms with van der Waals surface area (Å²) in [5, 5.41) is 13.4. The summed E-state index contributed by atoms with van der Waals surface area (Å²) in [6, 6.07) is 1.94. The third kappa shape index (κ3) is 3.54. The van der Waals surface area contributed by atoms with E-state index in [-0.39, 0.29) is 18.4 Å². The molecule has 0 spiro atoms. The van der Waals surface area contributed by atoms with Gasteiger partial charge in [0, 0.05) is 18.7 Å². The lowest BCUT2D eigenvalue weighted by Gasteiger charge is -2.05. The van der Waals surface area contributed by atoms with Gasteiger partial charge in [-0.15, -0.1) is 5.10 Å². The molecular formula is C11H17N7O. The molecule has 4 N–H and O–H groups in total. The molecule has 0 bridgehead atoms. The first-order valence-electron chi connectivity index (χ1n) is 5.99. The Balaban J connectivity index is 1.77. The number of carbonyl (C=O) groups is 1. The molecule has 0 atom stereocenters. The number of nitrogens with zero attached hydrogens (tertiary/aromatic N) is 4. The lowest BCUT2D eigenvalue weighted by molar-refractivity contribution is -0.121. The molecule has 8 nitrogen and oxygen atoms in total. The zero-order valence-electron chi connectivity index (χ0n) is 11.0. The van der Waals surface area contributed by atoms with Gasteiger partial charge < -0.3 is 11.1 Å². The van der Waals surface area contributed by atoms with Crippen molar-refractivity contribution in [2.24, 2.45) is 0 Å². The van der Waals surface area contributed by atoms with Gasteiger partial charge in [-0.3, -0.25) is 14.6 Å². The molecule has 0 saturated carbocycles. The van der Waals surface area contributed by atoms with Crippen molar-refractivity contribution >= 4 is 11.9 Å². The lowest BCUT2D eigenvalue weighted by atomic mass is 10.4. The zero-order valence-corrected chi connectivity index (χ0v) is 11.0. The third-order valence-electron chi connectivity index (χ3n) is 2.63. The fraction of sp³-hybridized carbons (Fsp3) is 0.455. The summed E-state index contributed by atoms with van der Waals surface area (Å²) >= 11 is 0. The van der Waals surface area contributed by atoms with Crippen molar-refractivity contribution < 1.29 is 4.79 Å². The number of aryl methyl sites for hydroxylation is 2. The highest BCUT2D eigenvalue weighted by atomic mass is 16.2. The number of nitrogen functional groups attached to an aromatic ring is 1. The Bertz CT molecular complexity index is 571. The summed E-state index contributed by atoms with van der Waals surface area (Å²) in [4.78, 5) is 15.7. The van der Waals surface area contributed by atoms with E-state index in [1.165, 1.54) is 0 Å². The largest absolute Gasteiger partial charge is 0.367 e. The number of amides is 1. The van der Waals surface area contributed by atoms with Crippen LogP contribution in [-0.2, 0) is 17.8 Å². The Labute approximate surface area is 110 Å². The van der Waals surface area contributed by atoms with Gasteiger partial charge in [0.2, 0.25) is 11.9 Å². The van der Waals surface area contributed by atoms with Crippen LogP contribution < -0.4 is 11.1 Å². The van der Waals surface area contributed by atoms with Gasteiger partial charge in [-0.1, -0.05) is 0 Å². The van der Waals surface area contributed by atoms with E-state index < -0.39 is 0 Å². The SMILES string of the molecule is Cc1cc(C)n(CC(=O)NCCc2nc(N)n[nH]2)n1. The standard InChI is InChI=1S/C11H17N7O/c1-7-5-8(2)18(17-7)6-10(19)13-4-3-9-14-11(12)16-15-9/h5H,3-4,6H2,1-2H3,(H,13,19)(H3,12,14,15,16). The molecule has 0 aliphatic rings. The number of aromatic nitrogens is 5. The smallest absolute Gasteiger partial charge is 0.241 e. The summed E-state index contributed by atoms with van der Waals surface area (Å²) in [5.41, 5.74) is 7.25. The zero-order chi connectivity index (χ0) is 13.8. The second-order valence-corrected chi connectivity index (χ2v) is 4.33. The van der Waals surface area contributed by atoms with Gasteiger partial charge in [-0.05, 0) is 19.9 Å². The second kappa shape index (κ2) is 5.51. The van der Waals surface area contributed by atoms with Gasteiger partial charge in [0.1, 0.15) is 12.4 Å². The second-order valence-electron chi connectivity index (χ2n) is 4.33. The van der Waals surface area contributed by atoms with Crippen LogP contribution in [0.5, 0.6) is 0 Å². The average Bonchev–Trinajstić information content (AvgIpc) is 2.86. The van der Waals surface area contributed by atoms with Crippen molar-refractivity contribution in [2.75, 3.05) is 12.3 Å². The maximum atomic E-state index is 11.7. The summed E-state index contributed by atoms with van der Waals surface area (Å²) in [5.74, 6) is 0.784. The predicted octanol–water partition coefficient (Wildman–Crippen LogP) is -0.441. The summed E-state index contributed by atoms with van der Waals surface area (Å²) < 4.78 is 1.68. The minimum Gasteiger partial charge on any atom is -0.367 e. The molecule has 2 aromatic heterocycles. The van der Waals surface area contributed by atoms with Crippen molar-refractivity contribution in [2.45, 2.75) is 26.8 Å². The molecule has 2 rings (SSSR count). The van der Waals surface area contributed by atoms with Gasteiger partial charge >= 0.3 is 0 Å². The molecule has 2 heterocycles. The number of aromatic amines is 1. The molecule has 0 fully saturated rings. The Hall–Kier alpha value is -2.38.